The maximum atomic E-state index is 13.5. The summed E-state index contributed by atoms with van der Waals surface area (Å²) in [7, 11) is 0. The first-order chi connectivity index (χ1) is 15.6. The Balaban J connectivity index is 1.45. The number of carbonyl (C=O) groups excluding carboxylic acids is 1. The maximum Gasteiger partial charge on any atom is 0.266 e. The zero-order chi connectivity index (χ0) is 22.1. The van der Waals surface area contributed by atoms with Gasteiger partial charge in [0.2, 0.25) is 5.91 Å². The first-order valence-corrected chi connectivity index (χ1v) is 11.3. The summed E-state index contributed by atoms with van der Waals surface area (Å²) in [4.78, 5) is 32.7. The molecule has 5 nitrogen and oxygen atoms in total. The lowest BCUT2D eigenvalue weighted by atomic mass is 10.00. The summed E-state index contributed by atoms with van der Waals surface area (Å²) < 4.78 is 14.9. The number of fused-ring (bicyclic) bond motifs is 2. The molecule has 0 radical (unpaired) electrons. The number of amides is 1. The minimum absolute atomic E-state index is 0.00225. The Morgan fingerprint density at radius 1 is 0.969 bits per heavy atom. The monoisotopic (exact) mass is 445 g/mol. The molecule has 5 rings (SSSR count). The van der Waals surface area contributed by atoms with Crippen molar-refractivity contribution in [2.45, 2.75) is 18.1 Å². The van der Waals surface area contributed by atoms with E-state index < -0.39 is 0 Å². The van der Waals surface area contributed by atoms with Crippen LogP contribution in [0.3, 0.4) is 0 Å². The van der Waals surface area contributed by atoms with Gasteiger partial charge in [0, 0.05) is 13.1 Å². The minimum Gasteiger partial charge on any atom is -0.337 e. The molecule has 1 amide bonds. The van der Waals surface area contributed by atoms with Crippen molar-refractivity contribution in [1.82, 2.24) is 14.5 Å². The number of aromatic nitrogens is 2. The molecule has 2 heterocycles. The third-order valence-electron chi connectivity index (χ3n) is 5.64. The van der Waals surface area contributed by atoms with Gasteiger partial charge in [-0.1, -0.05) is 48.2 Å². The van der Waals surface area contributed by atoms with Gasteiger partial charge in [-0.3, -0.25) is 14.2 Å². The highest BCUT2D eigenvalue weighted by Crippen LogP contribution is 2.24. The van der Waals surface area contributed by atoms with Crippen LogP contribution in [0, 0.1) is 5.82 Å². The van der Waals surface area contributed by atoms with Gasteiger partial charge >= 0.3 is 0 Å². The van der Waals surface area contributed by atoms with E-state index in [1.54, 1.807) is 30.3 Å². The Labute approximate surface area is 188 Å². The molecule has 1 aliphatic rings. The SMILES string of the molecule is O=C(CSc1nc2ccccc2c(=O)n1-c1ccc(F)cc1)N1CCc2ccccc2C1. The molecule has 0 atom stereocenters. The predicted octanol–water partition coefficient (Wildman–Crippen LogP) is 4.20. The molecular formula is C25H20FN3O2S. The van der Waals surface area contributed by atoms with Crippen LogP contribution in [0.5, 0.6) is 0 Å². The molecular weight excluding hydrogens is 425 g/mol. The van der Waals surface area contributed by atoms with Crippen LogP contribution in [0.15, 0.2) is 82.7 Å². The van der Waals surface area contributed by atoms with Crippen LogP contribution in [0.25, 0.3) is 16.6 Å². The molecule has 0 saturated carbocycles. The molecule has 1 aliphatic heterocycles. The molecule has 4 aromatic rings. The fraction of sp³-hybridized carbons (Fsp3) is 0.160. The van der Waals surface area contributed by atoms with Crippen LogP contribution in [0.4, 0.5) is 4.39 Å². The summed E-state index contributed by atoms with van der Waals surface area (Å²) in [5.74, 6) is -0.225. The molecule has 160 valence electrons. The van der Waals surface area contributed by atoms with Crippen molar-refractivity contribution in [2.75, 3.05) is 12.3 Å². The number of nitrogens with zero attached hydrogens (tertiary/aromatic N) is 3. The van der Waals surface area contributed by atoms with E-state index in [4.69, 9.17) is 0 Å². The molecule has 0 fully saturated rings. The van der Waals surface area contributed by atoms with Crippen molar-refractivity contribution in [1.29, 1.82) is 0 Å². The molecule has 3 aromatic carbocycles. The normalized spacial score (nSPS) is 13.2. The van der Waals surface area contributed by atoms with Crippen molar-refractivity contribution in [2.24, 2.45) is 0 Å². The average Bonchev–Trinajstić information content (AvgIpc) is 2.83. The summed E-state index contributed by atoms with van der Waals surface area (Å²) >= 11 is 1.23. The highest BCUT2D eigenvalue weighted by molar-refractivity contribution is 7.99. The number of benzene rings is 3. The Bertz CT molecular complexity index is 1370. The number of para-hydroxylation sites is 1. The quantitative estimate of drug-likeness (QED) is 0.349. The van der Waals surface area contributed by atoms with Gasteiger partial charge in [0.15, 0.2) is 5.16 Å². The number of carbonyl (C=O) groups is 1. The van der Waals surface area contributed by atoms with Gasteiger partial charge in [-0.15, -0.1) is 0 Å². The summed E-state index contributed by atoms with van der Waals surface area (Å²) in [5.41, 5.74) is 3.29. The first-order valence-electron chi connectivity index (χ1n) is 10.4. The molecule has 32 heavy (non-hydrogen) atoms. The Hall–Kier alpha value is -3.45. The Morgan fingerprint density at radius 3 is 2.50 bits per heavy atom. The lowest BCUT2D eigenvalue weighted by Gasteiger charge is -2.28. The molecule has 0 spiro atoms. The second-order valence-corrected chi connectivity index (χ2v) is 8.59. The maximum absolute atomic E-state index is 13.5. The molecule has 7 heteroatoms. The smallest absolute Gasteiger partial charge is 0.266 e. The van der Waals surface area contributed by atoms with Crippen molar-refractivity contribution in [3.8, 4) is 5.69 Å². The van der Waals surface area contributed by atoms with Gasteiger partial charge in [0.25, 0.3) is 5.56 Å². The standard InChI is InChI=1S/C25H20FN3O2S/c26-19-9-11-20(12-10-19)29-24(31)21-7-3-4-8-22(21)27-25(29)32-16-23(30)28-14-13-17-5-1-2-6-18(17)15-28/h1-12H,13-16H2. The number of hydrogen-bond donors (Lipinski definition) is 0. The summed E-state index contributed by atoms with van der Waals surface area (Å²) in [6.45, 7) is 1.26. The fourth-order valence-corrected chi connectivity index (χ4v) is 4.87. The second-order valence-electron chi connectivity index (χ2n) is 7.65. The summed E-state index contributed by atoms with van der Waals surface area (Å²) in [6.07, 6.45) is 0.834. The van der Waals surface area contributed by atoms with E-state index in [0.29, 0.717) is 34.8 Å². The zero-order valence-corrected chi connectivity index (χ0v) is 18.0. The number of halogens is 1. The van der Waals surface area contributed by atoms with Crippen LogP contribution in [0.1, 0.15) is 11.1 Å². The molecule has 0 aliphatic carbocycles. The molecule has 1 aromatic heterocycles. The first kappa shape index (κ1) is 20.5. The number of thioether (sulfide) groups is 1. The van der Waals surface area contributed by atoms with Crippen molar-refractivity contribution in [3.63, 3.8) is 0 Å². The van der Waals surface area contributed by atoms with Gasteiger partial charge in [-0.25, -0.2) is 9.37 Å². The van der Waals surface area contributed by atoms with Gasteiger partial charge in [0.05, 0.1) is 22.3 Å². The van der Waals surface area contributed by atoms with Crippen LogP contribution >= 0.6 is 11.8 Å². The van der Waals surface area contributed by atoms with Gasteiger partial charge in [0.1, 0.15) is 5.82 Å². The van der Waals surface area contributed by atoms with Crippen LogP contribution in [-0.4, -0.2) is 32.7 Å². The van der Waals surface area contributed by atoms with E-state index >= 15 is 0 Å². The van der Waals surface area contributed by atoms with Crippen molar-refractivity contribution >= 4 is 28.6 Å². The fourth-order valence-electron chi connectivity index (χ4n) is 3.95. The number of rotatable bonds is 4. The van der Waals surface area contributed by atoms with Crippen LogP contribution in [0.2, 0.25) is 0 Å². The van der Waals surface area contributed by atoms with E-state index in [1.165, 1.54) is 39.6 Å². The van der Waals surface area contributed by atoms with Crippen LogP contribution < -0.4 is 5.56 Å². The lowest BCUT2D eigenvalue weighted by Crippen LogP contribution is -2.37. The third kappa shape index (κ3) is 3.91. The highest BCUT2D eigenvalue weighted by Gasteiger charge is 2.22. The summed E-state index contributed by atoms with van der Waals surface area (Å²) in [6, 6.07) is 21.0. The number of hydrogen-bond acceptors (Lipinski definition) is 4. The average molecular weight is 446 g/mol. The van der Waals surface area contributed by atoms with Crippen molar-refractivity contribution < 1.29 is 9.18 Å². The third-order valence-corrected chi connectivity index (χ3v) is 6.56. The topological polar surface area (TPSA) is 55.2 Å². The predicted molar refractivity (Wildman–Crippen MR) is 124 cm³/mol. The van der Waals surface area contributed by atoms with Gasteiger partial charge in [-0.2, -0.15) is 0 Å². The van der Waals surface area contributed by atoms with Crippen LogP contribution in [-0.2, 0) is 17.8 Å². The molecule has 0 saturated heterocycles. The highest BCUT2D eigenvalue weighted by atomic mass is 32.2. The Morgan fingerprint density at radius 2 is 1.69 bits per heavy atom. The van der Waals surface area contributed by atoms with E-state index in [-0.39, 0.29) is 23.0 Å². The van der Waals surface area contributed by atoms with Crippen molar-refractivity contribution in [3.05, 3.63) is 100 Å². The van der Waals surface area contributed by atoms with E-state index in [9.17, 15) is 14.0 Å². The molecule has 0 unspecified atom stereocenters. The zero-order valence-electron chi connectivity index (χ0n) is 17.2. The minimum atomic E-state index is -0.384. The van der Waals surface area contributed by atoms with Gasteiger partial charge < -0.3 is 4.90 Å². The molecule has 0 bridgehead atoms. The second kappa shape index (κ2) is 8.59. The largest absolute Gasteiger partial charge is 0.337 e. The molecule has 0 N–H and O–H groups in total. The van der Waals surface area contributed by atoms with E-state index in [2.05, 4.69) is 17.1 Å². The Kier molecular flexibility index (Phi) is 5.49. The van der Waals surface area contributed by atoms with E-state index in [1.807, 2.05) is 23.1 Å². The van der Waals surface area contributed by atoms with E-state index in [0.717, 1.165) is 6.42 Å². The lowest BCUT2D eigenvalue weighted by molar-refractivity contribution is -0.129. The summed E-state index contributed by atoms with van der Waals surface area (Å²) in [5, 5.41) is 0.881. The van der Waals surface area contributed by atoms with Gasteiger partial charge in [-0.05, 0) is 53.9 Å².